The average molecular weight is 523 g/mol. The fourth-order valence-corrected chi connectivity index (χ4v) is 5.41. The summed E-state index contributed by atoms with van der Waals surface area (Å²) in [6.45, 7) is 6.12. The number of nitrogens with one attached hydrogen (secondary N) is 2. The number of aromatic nitrogens is 1. The van der Waals surface area contributed by atoms with Crippen LogP contribution < -0.4 is 10.6 Å². The molecule has 0 bridgehead atoms. The van der Waals surface area contributed by atoms with Crippen molar-refractivity contribution in [2.45, 2.75) is 70.7 Å². The van der Waals surface area contributed by atoms with Gasteiger partial charge in [0.2, 0.25) is 0 Å². The van der Waals surface area contributed by atoms with Crippen LogP contribution in [0.15, 0.2) is 66.9 Å². The highest BCUT2D eigenvalue weighted by molar-refractivity contribution is 6.07. The third-order valence-corrected chi connectivity index (χ3v) is 7.26. The molecule has 1 aliphatic carbocycles. The average Bonchev–Trinajstić information content (AvgIpc) is 3.26. The van der Waals surface area contributed by atoms with Crippen LogP contribution >= 0.6 is 0 Å². The van der Waals surface area contributed by atoms with Crippen molar-refractivity contribution in [3.8, 4) is 6.07 Å². The van der Waals surface area contributed by atoms with Gasteiger partial charge in [-0.2, -0.15) is 5.26 Å². The number of alkyl carbamates (subject to hydrolysis) is 1. The Morgan fingerprint density at radius 1 is 0.949 bits per heavy atom. The van der Waals surface area contributed by atoms with E-state index in [1.165, 1.54) is 10.8 Å². The van der Waals surface area contributed by atoms with Gasteiger partial charge in [0.15, 0.2) is 0 Å². The van der Waals surface area contributed by atoms with Gasteiger partial charge in [0.25, 0.3) is 5.91 Å². The number of ether oxygens (including phenoxy) is 1. The topological polar surface area (TPSA) is 96.2 Å². The summed E-state index contributed by atoms with van der Waals surface area (Å²) in [4.78, 5) is 25.6. The van der Waals surface area contributed by atoms with E-state index in [0.717, 1.165) is 42.1 Å². The van der Waals surface area contributed by atoms with Crippen LogP contribution in [0.25, 0.3) is 21.7 Å². The Balaban J connectivity index is 1.32. The SMILES string of the molecule is CC(C)(C)OC(=O)N[C@H]1CC[C@H](NC(=O)c2cn(Cc3cccc4ccccc34)c3cc(C#N)ccc23)CC1. The lowest BCUT2D eigenvalue weighted by Gasteiger charge is -2.30. The molecule has 2 amide bonds. The van der Waals surface area contributed by atoms with Gasteiger partial charge in [-0.3, -0.25) is 4.79 Å². The smallest absolute Gasteiger partial charge is 0.407 e. The van der Waals surface area contributed by atoms with E-state index >= 15 is 0 Å². The van der Waals surface area contributed by atoms with Crippen LogP contribution in [0.2, 0.25) is 0 Å². The molecule has 4 aromatic rings. The summed E-state index contributed by atoms with van der Waals surface area (Å²) in [5.74, 6) is -0.120. The summed E-state index contributed by atoms with van der Waals surface area (Å²) in [5, 5.41) is 18.8. The van der Waals surface area contributed by atoms with Crippen molar-refractivity contribution in [3.63, 3.8) is 0 Å². The van der Waals surface area contributed by atoms with E-state index in [0.29, 0.717) is 17.7 Å². The van der Waals surface area contributed by atoms with E-state index in [1.54, 1.807) is 6.07 Å². The van der Waals surface area contributed by atoms with E-state index in [4.69, 9.17) is 4.74 Å². The molecule has 1 aromatic heterocycles. The number of carbonyl (C=O) groups excluding carboxylic acids is 2. The Kier molecular flexibility index (Phi) is 7.30. The van der Waals surface area contributed by atoms with E-state index in [-0.39, 0.29) is 18.0 Å². The Hall–Kier alpha value is -4.31. The minimum Gasteiger partial charge on any atom is -0.444 e. The lowest BCUT2D eigenvalue weighted by Crippen LogP contribution is -2.45. The number of fused-ring (bicyclic) bond motifs is 2. The van der Waals surface area contributed by atoms with Gasteiger partial charge in [-0.1, -0.05) is 48.5 Å². The molecule has 200 valence electrons. The summed E-state index contributed by atoms with van der Waals surface area (Å²) >= 11 is 0. The van der Waals surface area contributed by atoms with E-state index in [2.05, 4.69) is 45.5 Å². The summed E-state index contributed by atoms with van der Waals surface area (Å²) < 4.78 is 7.44. The third-order valence-electron chi connectivity index (χ3n) is 7.26. The molecule has 2 N–H and O–H groups in total. The van der Waals surface area contributed by atoms with Crippen LogP contribution in [0.1, 0.15) is 67.9 Å². The van der Waals surface area contributed by atoms with Crippen molar-refractivity contribution in [2.75, 3.05) is 0 Å². The summed E-state index contributed by atoms with van der Waals surface area (Å²) in [6, 6.07) is 22.3. The minimum atomic E-state index is -0.532. The first-order valence-corrected chi connectivity index (χ1v) is 13.5. The highest BCUT2D eigenvalue weighted by Gasteiger charge is 2.27. The molecular weight excluding hydrogens is 488 g/mol. The number of nitriles is 1. The Bertz CT molecular complexity index is 1560. The summed E-state index contributed by atoms with van der Waals surface area (Å²) in [5.41, 5.74) is 2.63. The molecule has 0 radical (unpaired) electrons. The second-order valence-electron chi connectivity index (χ2n) is 11.3. The molecule has 0 spiro atoms. The van der Waals surface area contributed by atoms with Crippen molar-refractivity contribution >= 4 is 33.7 Å². The van der Waals surface area contributed by atoms with Crippen LogP contribution in [-0.4, -0.2) is 34.3 Å². The molecule has 7 heteroatoms. The number of amides is 2. The number of rotatable bonds is 5. The van der Waals surface area contributed by atoms with Crippen LogP contribution in [0, 0.1) is 11.3 Å². The zero-order chi connectivity index (χ0) is 27.6. The number of benzene rings is 3. The standard InChI is InChI=1S/C32H34N4O3/c1-32(2,3)39-31(38)35-25-14-12-24(13-15-25)34-30(37)28-20-36(29-17-21(18-33)11-16-27(28)29)19-23-9-6-8-22-7-4-5-10-26(22)23/h4-11,16-17,20,24-25H,12-15,19H2,1-3H3,(H,34,37)(H,35,38)/t24-,25-. The number of hydrogen-bond donors (Lipinski definition) is 2. The van der Waals surface area contributed by atoms with Gasteiger partial charge in [0, 0.05) is 30.2 Å². The van der Waals surface area contributed by atoms with Crippen molar-refractivity contribution in [3.05, 3.63) is 83.6 Å². The maximum atomic E-state index is 13.5. The van der Waals surface area contributed by atoms with E-state index < -0.39 is 11.7 Å². The monoisotopic (exact) mass is 522 g/mol. The first kappa shape index (κ1) is 26.3. The first-order chi connectivity index (χ1) is 18.7. The summed E-state index contributed by atoms with van der Waals surface area (Å²) in [7, 11) is 0. The maximum absolute atomic E-state index is 13.5. The van der Waals surface area contributed by atoms with Crippen LogP contribution in [0.4, 0.5) is 4.79 Å². The molecule has 7 nitrogen and oxygen atoms in total. The maximum Gasteiger partial charge on any atom is 0.407 e. The lowest BCUT2D eigenvalue weighted by atomic mass is 9.91. The largest absolute Gasteiger partial charge is 0.444 e. The lowest BCUT2D eigenvalue weighted by molar-refractivity contribution is 0.0488. The first-order valence-electron chi connectivity index (χ1n) is 13.5. The van der Waals surface area contributed by atoms with E-state index in [1.807, 2.05) is 57.3 Å². The zero-order valence-corrected chi connectivity index (χ0v) is 22.7. The van der Waals surface area contributed by atoms with E-state index in [9.17, 15) is 14.9 Å². The number of carbonyl (C=O) groups is 2. The zero-order valence-electron chi connectivity index (χ0n) is 22.7. The van der Waals surface area contributed by atoms with Gasteiger partial charge in [-0.15, -0.1) is 0 Å². The minimum absolute atomic E-state index is 0.0315. The van der Waals surface area contributed by atoms with Gasteiger partial charge in [-0.25, -0.2) is 4.79 Å². The number of hydrogen-bond acceptors (Lipinski definition) is 4. The van der Waals surface area contributed by atoms with Crippen LogP contribution in [0.3, 0.4) is 0 Å². The molecule has 0 atom stereocenters. The third kappa shape index (κ3) is 6.06. The molecule has 1 aliphatic rings. The van der Waals surface area contributed by atoms with Crippen LogP contribution in [0.5, 0.6) is 0 Å². The second-order valence-corrected chi connectivity index (χ2v) is 11.3. The summed E-state index contributed by atoms with van der Waals surface area (Å²) in [6.07, 6.45) is 4.61. The molecule has 0 aliphatic heterocycles. The quantitative estimate of drug-likeness (QED) is 0.322. The Morgan fingerprint density at radius 2 is 1.64 bits per heavy atom. The van der Waals surface area contributed by atoms with Gasteiger partial charge in [0.05, 0.1) is 22.7 Å². The highest BCUT2D eigenvalue weighted by atomic mass is 16.6. The second kappa shape index (κ2) is 10.8. The molecule has 1 heterocycles. The molecule has 1 saturated carbocycles. The van der Waals surface area contributed by atoms with Crippen molar-refractivity contribution in [1.29, 1.82) is 5.26 Å². The molecule has 0 unspecified atom stereocenters. The van der Waals surface area contributed by atoms with Gasteiger partial charge in [-0.05, 0) is 74.9 Å². The van der Waals surface area contributed by atoms with Crippen LogP contribution in [-0.2, 0) is 11.3 Å². The highest BCUT2D eigenvalue weighted by Crippen LogP contribution is 2.27. The fraction of sp³-hybridized carbons (Fsp3) is 0.344. The predicted octanol–water partition coefficient (Wildman–Crippen LogP) is 6.28. The fourth-order valence-electron chi connectivity index (χ4n) is 5.41. The molecule has 39 heavy (non-hydrogen) atoms. The molecule has 1 fully saturated rings. The Morgan fingerprint density at radius 3 is 2.36 bits per heavy atom. The van der Waals surface area contributed by atoms with Crippen molar-refractivity contribution in [2.24, 2.45) is 0 Å². The molecule has 5 rings (SSSR count). The predicted molar refractivity (Wildman–Crippen MR) is 153 cm³/mol. The van der Waals surface area contributed by atoms with Gasteiger partial charge < -0.3 is 19.9 Å². The van der Waals surface area contributed by atoms with Crippen molar-refractivity contribution in [1.82, 2.24) is 15.2 Å². The molecule has 0 saturated heterocycles. The molecule has 3 aromatic carbocycles. The normalized spacial score (nSPS) is 17.5. The van der Waals surface area contributed by atoms with Gasteiger partial charge in [0.1, 0.15) is 5.60 Å². The molecular formula is C32H34N4O3. The van der Waals surface area contributed by atoms with Gasteiger partial charge >= 0.3 is 6.09 Å². The van der Waals surface area contributed by atoms with Crippen molar-refractivity contribution < 1.29 is 14.3 Å². The Labute approximate surface area is 228 Å². The number of nitrogens with zero attached hydrogens (tertiary/aromatic N) is 2.